The van der Waals surface area contributed by atoms with Gasteiger partial charge in [0.25, 0.3) is 0 Å². The lowest BCUT2D eigenvalue weighted by Crippen LogP contribution is -2.09. The first kappa shape index (κ1) is 14.5. The summed E-state index contributed by atoms with van der Waals surface area (Å²) in [5.41, 5.74) is 10.5. The fourth-order valence-electron chi connectivity index (χ4n) is 2.68. The van der Waals surface area contributed by atoms with Crippen LogP contribution in [0.1, 0.15) is 25.3 Å². The lowest BCUT2D eigenvalue weighted by Gasteiger charge is -2.01. The van der Waals surface area contributed by atoms with E-state index in [1.165, 1.54) is 0 Å². The molecule has 0 fully saturated rings. The van der Waals surface area contributed by atoms with Crippen LogP contribution in [0.4, 0.5) is 5.69 Å². The summed E-state index contributed by atoms with van der Waals surface area (Å²) in [7, 11) is 0. The first-order valence-corrected chi connectivity index (χ1v) is 7.54. The molecule has 22 heavy (non-hydrogen) atoms. The molecule has 0 saturated heterocycles. The lowest BCUT2D eigenvalue weighted by atomic mass is 10.1. The van der Waals surface area contributed by atoms with Gasteiger partial charge in [0.1, 0.15) is 0 Å². The third kappa shape index (κ3) is 2.65. The van der Waals surface area contributed by atoms with Crippen molar-refractivity contribution in [2.45, 2.75) is 26.3 Å². The molecule has 112 valence electrons. The first-order valence-electron chi connectivity index (χ1n) is 7.54. The van der Waals surface area contributed by atoms with Gasteiger partial charge in [-0.2, -0.15) is 0 Å². The number of nitrogens with zero attached hydrogens (tertiary/aromatic N) is 1. The Balaban J connectivity index is 2.08. The monoisotopic (exact) mass is 293 g/mol. The zero-order valence-corrected chi connectivity index (χ0v) is 12.6. The van der Waals surface area contributed by atoms with E-state index in [2.05, 4.69) is 11.4 Å². The highest BCUT2D eigenvalue weighted by Crippen LogP contribution is 2.33. The van der Waals surface area contributed by atoms with E-state index < -0.39 is 0 Å². The molecule has 3 N–H and O–H groups in total. The maximum Gasteiger partial charge on any atom is 0.224 e. The Labute approximate surface area is 129 Å². The second-order valence-electron chi connectivity index (χ2n) is 5.35. The van der Waals surface area contributed by atoms with Gasteiger partial charge in [0.2, 0.25) is 5.91 Å². The van der Waals surface area contributed by atoms with Crippen molar-refractivity contribution in [2.24, 2.45) is 5.73 Å². The SMILES string of the molecule is CCCC(=O)Nc1cccc2c3cccc(CN)c3nc-2c1. The molecule has 0 atom stereocenters. The zero-order chi connectivity index (χ0) is 15.5. The number of nitrogens with one attached hydrogen (secondary N) is 1. The predicted octanol–water partition coefficient (Wildman–Crippen LogP) is 3.54. The molecular weight excluding hydrogens is 274 g/mol. The maximum absolute atomic E-state index is 11.8. The Kier molecular flexibility index (Phi) is 4.02. The zero-order valence-electron chi connectivity index (χ0n) is 12.6. The fraction of sp³-hybridized carbons (Fsp3) is 0.222. The number of hydrogen-bond donors (Lipinski definition) is 2. The van der Waals surface area contributed by atoms with Crippen LogP contribution in [0, 0.1) is 0 Å². The van der Waals surface area contributed by atoms with Crippen molar-refractivity contribution < 1.29 is 4.79 Å². The second-order valence-corrected chi connectivity index (χ2v) is 5.35. The molecule has 2 aliphatic rings. The molecule has 1 amide bonds. The molecule has 4 heteroatoms. The van der Waals surface area contributed by atoms with E-state index in [9.17, 15) is 4.79 Å². The molecule has 0 unspecified atom stereocenters. The molecule has 1 aliphatic heterocycles. The number of fused-ring (bicyclic) bond motifs is 3. The van der Waals surface area contributed by atoms with E-state index in [-0.39, 0.29) is 5.91 Å². The first-order chi connectivity index (χ1) is 10.7. The van der Waals surface area contributed by atoms with Crippen LogP contribution in [0.2, 0.25) is 0 Å². The van der Waals surface area contributed by atoms with Crippen molar-refractivity contribution in [2.75, 3.05) is 5.32 Å². The number of hydrogen-bond acceptors (Lipinski definition) is 3. The normalized spacial score (nSPS) is 11.0. The van der Waals surface area contributed by atoms with E-state index in [0.717, 1.165) is 39.8 Å². The Morgan fingerprint density at radius 1 is 1.23 bits per heavy atom. The number of carbonyl (C=O) groups is 1. The number of carbonyl (C=O) groups excluding carboxylic acids is 1. The Bertz CT molecular complexity index is 798. The van der Waals surface area contributed by atoms with E-state index in [4.69, 9.17) is 10.7 Å². The number of rotatable bonds is 4. The van der Waals surface area contributed by atoms with Crippen LogP contribution in [-0.2, 0) is 11.3 Å². The highest BCUT2D eigenvalue weighted by molar-refractivity contribution is 6.00. The maximum atomic E-state index is 11.8. The standard InChI is InChI=1S/C18H19N3O/c1-2-5-17(22)20-13-7-4-8-14-15-9-3-6-12(11-19)18(15)21-16(14)10-13/h3-4,6-10H,2,5,11,19H2,1H3,(H,20,22). The molecule has 0 saturated carbocycles. The molecule has 1 heterocycles. The summed E-state index contributed by atoms with van der Waals surface area (Å²) in [4.78, 5) is 16.5. The largest absolute Gasteiger partial charge is 0.326 e. The van der Waals surface area contributed by atoms with Gasteiger partial charge in [-0.05, 0) is 24.1 Å². The van der Waals surface area contributed by atoms with Crippen LogP contribution >= 0.6 is 0 Å². The Morgan fingerprint density at radius 3 is 2.82 bits per heavy atom. The summed E-state index contributed by atoms with van der Waals surface area (Å²) in [5, 5.41) is 4.02. The highest BCUT2D eigenvalue weighted by Gasteiger charge is 2.13. The minimum absolute atomic E-state index is 0.0283. The van der Waals surface area contributed by atoms with Crippen molar-refractivity contribution in [1.82, 2.24) is 4.98 Å². The van der Waals surface area contributed by atoms with Gasteiger partial charge in [0.05, 0.1) is 11.2 Å². The molecule has 1 aliphatic carbocycles. The molecule has 3 rings (SSSR count). The van der Waals surface area contributed by atoms with Crippen LogP contribution < -0.4 is 11.1 Å². The Hall–Kier alpha value is -2.46. The smallest absolute Gasteiger partial charge is 0.224 e. The van der Waals surface area contributed by atoms with E-state index in [0.29, 0.717) is 13.0 Å². The quantitative estimate of drug-likeness (QED) is 0.773. The van der Waals surface area contributed by atoms with E-state index in [1.54, 1.807) is 0 Å². The van der Waals surface area contributed by atoms with Crippen LogP contribution in [0.15, 0.2) is 42.5 Å². The average Bonchev–Trinajstić information content (AvgIpc) is 2.73. The summed E-state index contributed by atoms with van der Waals surface area (Å²) in [6.07, 6.45) is 1.36. The highest BCUT2D eigenvalue weighted by atomic mass is 16.1. The van der Waals surface area contributed by atoms with Gasteiger partial charge in [0.15, 0.2) is 0 Å². The molecular formula is C18H19N3O. The average molecular weight is 293 g/mol. The third-order valence-electron chi connectivity index (χ3n) is 3.73. The summed E-state index contributed by atoms with van der Waals surface area (Å²) < 4.78 is 0. The molecule has 0 aromatic heterocycles. The van der Waals surface area contributed by atoms with Crippen LogP contribution in [0.5, 0.6) is 0 Å². The second kappa shape index (κ2) is 6.12. The van der Waals surface area contributed by atoms with E-state index >= 15 is 0 Å². The number of amides is 1. The molecule has 1 aromatic rings. The lowest BCUT2D eigenvalue weighted by molar-refractivity contribution is -0.116. The number of aromatic nitrogens is 1. The number of anilines is 1. The van der Waals surface area contributed by atoms with Gasteiger partial charge < -0.3 is 11.1 Å². The van der Waals surface area contributed by atoms with Crippen molar-refractivity contribution in [1.29, 1.82) is 0 Å². The molecule has 0 radical (unpaired) electrons. The predicted molar refractivity (Wildman–Crippen MR) is 89.8 cm³/mol. The minimum Gasteiger partial charge on any atom is -0.326 e. The summed E-state index contributed by atoms with van der Waals surface area (Å²) in [5.74, 6) is 0.0283. The molecule has 0 bridgehead atoms. The summed E-state index contributed by atoms with van der Waals surface area (Å²) >= 11 is 0. The van der Waals surface area contributed by atoms with Gasteiger partial charge in [-0.1, -0.05) is 37.3 Å². The van der Waals surface area contributed by atoms with Gasteiger partial charge in [-0.3, -0.25) is 4.79 Å². The number of nitrogens with two attached hydrogens (primary N) is 1. The van der Waals surface area contributed by atoms with Crippen LogP contribution in [0.25, 0.3) is 22.2 Å². The van der Waals surface area contributed by atoms with Crippen molar-refractivity contribution in [3.8, 4) is 11.3 Å². The van der Waals surface area contributed by atoms with Crippen molar-refractivity contribution in [3.05, 3.63) is 48.0 Å². The number of benzene rings is 1. The topological polar surface area (TPSA) is 68.0 Å². The molecule has 0 spiro atoms. The molecule has 1 aromatic carbocycles. The summed E-state index contributed by atoms with van der Waals surface area (Å²) in [6, 6.07) is 13.8. The van der Waals surface area contributed by atoms with E-state index in [1.807, 2.05) is 43.3 Å². The van der Waals surface area contributed by atoms with Crippen molar-refractivity contribution in [3.63, 3.8) is 0 Å². The van der Waals surface area contributed by atoms with Gasteiger partial charge in [-0.15, -0.1) is 0 Å². The van der Waals surface area contributed by atoms with Crippen LogP contribution in [0.3, 0.4) is 0 Å². The fourth-order valence-corrected chi connectivity index (χ4v) is 2.68. The Morgan fingerprint density at radius 2 is 2.05 bits per heavy atom. The van der Waals surface area contributed by atoms with Gasteiger partial charge >= 0.3 is 0 Å². The molecule has 4 nitrogen and oxygen atoms in total. The summed E-state index contributed by atoms with van der Waals surface area (Å²) in [6.45, 7) is 2.45. The van der Waals surface area contributed by atoms with Crippen LogP contribution in [-0.4, -0.2) is 10.9 Å². The third-order valence-corrected chi connectivity index (χ3v) is 3.73. The van der Waals surface area contributed by atoms with Crippen molar-refractivity contribution >= 4 is 22.5 Å². The minimum atomic E-state index is 0.0283. The van der Waals surface area contributed by atoms with Gasteiger partial charge in [-0.25, -0.2) is 4.98 Å². The number of para-hydroxylation sites is 1. The van der Waals surface area contributed by atoms with Gasteiger partial charge in [0, 0.05) is 29.6 Å².